The maximum absolute atomic E-state index is 13.7. The van der Waals surface area contributed by atoms with Crippen molar-refractivity contribution in [3.05, 3.63) is 51.5 Å². The predicted octanol–water partition coefficient (Wildman–Crippen LogP) is 3.06. The molecule has 1 aromatic heterocycles. The summed E-state index contributed by atoms with van der Waals surface area (Å²) in [7, 11) is 0. The number of nitrogens with one attached hydrogen (secondary N) is 1. The van der Waals surface area contributed by atoms with Crippen LogP contribution in [0.1, 0.15) is 35.4 Å². The molecule has 2 aromatic rings. The van der Waals surface area contributed by atoms with Gasteiger partial charge in [0.05, 0.1) is 19.1 Å². The molecule has 1 aromatic carbocycles. The Bertz CT molecular complexity index is 793. The fourth-order valence-corrected chi connectivity index (χ4v) is 3.48. The number of carbonyl (C=O) groups excluding carboxylic acids is 2. The van der Waals surface area contributed by atoms with Crippen molar-refractivity contribution < 1.29 is 28.2 Å². The van der Waals surface area contributed by atoms with Crippen LogP contribution in [0.5, 0.6) is 5.75 Å². The van der Waals surface area contributed by atoms with Gasteiger partial charge in [0.15, 0.2) is 6.79 Å². The number of hydrogen-bond donors (Lipinski definition) is 1. The molecule has 1 unspecified atom stereocenters. The predicted molar refractivity (Wildman–Crippen MR) is 92.0 cm³/mol. The average Bonchev–Trinajstić information content (AvgIpc) is 3.13. The van der Waals surface area contributed by atoms with Crippen molar-refractivity contribution >= 4 is 23.2 Å². The quantitative estimate of drug-likeness (QED) is 0.781. The van der Waals surface area contributed by atoms with E-state index in [1.54, 1.807) is 0 Å². The van der Waals surface area contributed by atoms with E-state index < -0.39 is 17.8 Å². The van der Waals surface area contributed by atoms with Gasteiger partial charge in [-0.3, -0.25) is 9.59 Å². The standard InChI is InChI=1S/C18H18FNO5S/c1-11(21)20-15(16-3-2-4-26-16)7-17(22)24-9-13-6-14(19)5-12-8-23-10-25-18(12)13/h2-6,15H,7-10H2,1H3,(H,20,21). The van der Waals surface area contributed by atoms with E-state index in [0.717, 1.165) is 4.88 Å². The van der Waals surface area contributed by atoms with Crippen molar-refractivity contribution in [2.75, 3.05) is 6.79 Å². The summed E-state index contributed by atoms with van der Waals surface area (Å²) in [6, 6.07) is 5.85. The molecule has 3 rings (SSSR count). The number of ether oxygens (including phenoxy) is 3. The molecule has 0 saturated heterocycles. The van der Waals surface area contributed by atoms with Gasteiger partial charge in [-0.05, 0) is 23.6 Å². The second-order valence-electron chi connectivity index (χ2n) is 5.80. The van der Waals surface area contributed by atoms with Gasteiger partial charge in [-0.2, -0.15) is 0 Å². The minimum absolute atomic E-state index is 0.0123. The number of hydrogen-bond acceptors (Lipinski definition) is 6. The second-order valence-corrected chi connectivity index (χ2v) is 6.78. The SMILES string of the molecule is CC(=O)NC(CC(=O)OCc1cc(F)cc2c1OCOC2)c1cccs1. The molecular weight excluding hydrogens is 361 g/mol. The summed E-state index contributed by atoms with van der Waals surface area (Å²) in [5.41, 5.74) is 1.03. The van der Waals surface area contributed by atoms with E-state index in [1.807, 2.05) is 17.5 Å². The number of halogens is 1. The third-order valence-electron chi connectivity index (χ3n) is 3.78. The molecule has 6 nitrogen and oxygen atoms in total. The first kappa shape index (κ1) is 18.3. The lowest BCUT2D eigenvalue weighted by atomic mass is 10.1. The lowest BCUT2D eigenvalue weighted by molar-refractivity contribution is -0.145. The molecule has 138 valence electrons. The van der Waals surface area contributed by atoms with Crippen LogP contribution in [-0.2, 0) is 32.3 Å². The molecular formula is C18H18FNO5S. The largest absolute Gasteiger partial charge is 0.467 e. The summed E-state index contributed by atoms with van der Waals surface area (Å²) >= 11 is 1.44. The van der Waals surface area contributed by atoms with Gasteiger partial charge in [0, 0.05) is 22.9 Å². The van der Waals surface area contributed by atoms with Gasteiger partial charge in [-0.25, -0.2) is 4.39 Å². The highest BCUT2D eigenvalue weighted by atomic mass is 32.1. The van der Waals surface area contributed by atoms with Gasteiger partial charge >= 0.3 is 5.97 Å². The number of carbonyl (C=O) groups is 2. The molecule has 1 aliphatic heterocycles. The van der Waals surface area contributed by atoms with Gasteiger partial charge in [0.25, 0.3) is 0 Å². The summed E-state index contributed by atoms with van der Waals surface area (Å²) in [6.07, 6.45) is -0.0123. The Morgan fingerprint density at radius 2 is 2.27 bits per heavy atom. The Hall–Kier alpha value is -2.45. The lowest BCUT2D eigenvalue weighted by Gasteiger charge is -2.21. The Morgan fingerprint density at radius 1 is 1.42 bits per heavy atom. The van der Waals surface area contributed by atoms with Gasteiger partial charge in [0.2, 0.25) is 5.91 Å². The Kier molecular flexibility index (Phi) is 5.85. The number of benzene rings is 1. The van der Waals surface area contributed by atoms with Crippen LogP contribution >= 0.6 is 11.3 Å². The molecule has 0 saturated carbocycles. The van der Waals surface area contributed by atoms with Crippen molar-refractivity contribution in [3.8, 4) is 5.75 Å². The van der Waals surface area contributed by atoms with Crippen LogP contribution in [0, 0.1) is 5.82 Å². The first-order chi connectivity index (χ1) is 12.5. The van der Waals surface area contributed by atoms with Crippen molar-refractivity contribution in [1.29, 1.82) is 0 Å². The first-order valence-corrected chi connectivity index (χ1v) is 8.89. The summed E-state index contributed by atoms with van der Waals surface area (Å²) in [6.45, 7) is 1.60. The van der Waals surface area contributed by atoms with E-state index in [9.17, 15) is 14.0 Å². The average molecular weight is 379 g/mol. The number of rotatable bonds is 6. The first-order valence-electron chi connectivity index (χ1n) is 8.01. The Balaban J connectivity index is 1.65. The number of fused-ring (bicyclic) bond motifs is 1. The molecule has 0 fully saturated rings. The zero-order chi connectivity index (χ0) is 18.5. The summed E-state index contributed by atoms with van der Waals surface area (Å²) in [4.78, 5) is 24.5. The van der Waals surface area contributed by atoms with E-state index in [4.69, 9.17) is 14.2 Å². The molecule has 26 heavy (non-hydrogen) atoms. The molecule has 0 radical (unpaired) electrons. The van der Waals surface area contributed by atoms with Crippen molar-refractivity contribution in [3.63, 3.8) is 0 Å². The van der Waals surface area contributed by atoms with Crippen LogP contribution in [0.3, 0.4) is 0 Å². The maximum atomic E-state index is 13.7. The van der Waals surface area contributed by atoms with Crippen LogP contribution in [-0.4, -0.2) is 18.7 Å². The molecule has 0 spiro atoms. The van der Waals surface area contributed by atoms with Gasteiger partial charge < -0.3 is 19.5 Å². The van der Waals surface area contributed by atoms with Gasteiger partial charge in [0.1, 0.15) is 18.2 Å². The Morgan fingerprint density at radius 3 is 3.00 bits per heavy atom. The summed E-state index contributed by atoms with van der Waals surface area (Å²) in [5.74, 6) is -0.688. The van der Waals surface area contributed by atoms with E-state index in [-0.39, 0.29) is 32.3 Å². The van der Waals surface area contributed by atoms with Crippen molar-refractivity contribution in [1.82, 2.24) is 5.32 Å². The summed E-state index contributed by atoms with van der Waals surface area (Å²) < 4.78 is 29.5. The van der Waals surface area contributed by atoms with Crippen LogP contribution in [0.25, 0.3) is 0 Å². The smallest absolute Gasteiger partial charge is 0.308 e. The third kappa shape index (κ3) is 4.59. The summed E-state index contributed by atoms with van der Waals surface area (Å²) in [5, 5.41) is 4.61. The normalized spacial score (nSPS) is 14.1. The van der Waals surface area contributed by atoms with Crippen LogP contribution in [0.15, 0.2) is 29.6 Å². The monoisotopic (exact) mass is 379 g/mol. The molecule has 1 N–H and O–H groups in total. The minimum Gasteiger partial charge on any atom is -0.467 e. The second kappa shape index (κ2) is 8.29. The van der Waals surface area contributed by atoms with E-state index in [2.05, 4.69) is 5.32 Å². The van der Waals surface area contributed by atoms with E-state index in [0.29, 0.717) is 16.9 Å². The molecule has 8 heteroatoms. The lowest BCUT2D eigenvalue weighted by Crippen LogP contribution is -2.28. The van der Waals surface area contributed by atoms with Crippen LogP contribution in [0.2, 0.25) is 0 Å². The van der Waals surface area contributed by atoms with Gasteiger partial charge in [-0.15, -0.1) is 11.3 Å². The zero-order valence-corrected chi connectivity index (χ0v) is 14.9. The van der Waals surface area contributed by atoms with E-state index in [1.165, 1.54) is 30.4 Å². The number of esters is 1. The highest BCUT2D eigenvalue weighted by Crippen LogP contribution is 2.30. The molecule has 1 amide bonds. The minimum atomic E-state index is -0.498. The molecule has 0 bridgehead atoms. The maximum Gasteiger partial charge on any atom is 0.308 e. The topological polar surface area (TPSA) is 73.9 Å². The third-order valence-corrected chi connectivity index (χ3v) is 4.76. The highest BCUT2D eigenvalue weighted by molar-refractivity contribution is 7.10. The zero-order valence-electron chi connectivity index (χ0n) is 14.1. The number of thiophene rings is 1. The molecule has 0 aliphatic carbocycles. The Labute approximate surface area is 153 Å². The molecule has 2 heterocycles. The molecule has 1 atom stereocenters. The highest BCUT2D eigenvalue weighted by Gasteiger charge is 2.21. The van der Waals surface area contributed by atoms with Crippen molar-refractivity contribution in [2.45, 2.75) is 32.6 Å². The fourth-order valence-electron chi connectivity index (χ4n) is 2.71. The number of amides is 1. The fraction of sp³-hybridized carbons (Fsp3) is 0.333. The van der Waals surface area contributed by atoms with E-state index >= 15 is 0 Å². The van der Waals surface area contributed by atoms with Gasteiger partial charge in [-0.1, -0.05) is 6.07 Å². The van der Waals surface area contributed by atoms with Crippen LogP contribution < -0.4 is 10.1 Å². The van der Waals surface area contributed by atoms with Crippen molar-refractivity contribution in [2.24, 2.45) is 0 Å². The van der Waals surface area contributed by atoms with Crippen LogP contribution in [0.4, 0.5) is 4.39 Å². The molecule has 1 aliphatic rings.